The van der Waals surface area contributed by atoms with Crippen molar-refractivity contribution in [2.75, 3.05) is 13.2 Å². The number of rotatable bonds is 5. The van der Waals surface area contributed by atoms with E-state index in [0.29, 0.717) is 30.5 Å². The molecule has 4 heterocycles. The van der Waals surface area contributed by atoms with E-state index in [1.165, 1.54) is 11.1 Å². The van der Waals surface area contributed by atoms with Gasteiger partial charge in [0.05, 0.1) is 22.4 Å². The Labute approximate surface area is 178 Å². The average Bonchev–Trinajstić information content (AvgIpc) is 3.51. The Hall–Kier alpha value is -3.21. The second-order valence-corrected chi connectivity index (χ2v) is 8.40. The number of ether oxygens (including phenoxy) is 1. The molecule has 11 nitrogen and oxygen atoms in total. The summed E-state index contributed by atoms with van der Waals surface area (Å²) in [4.78, 5) is 28.0. The van der Waals surface area contributed by atoms with Gasteiger partial charge in [-0.1, -0.05) is 0 Å². The molecule has 0 atom stereocenters. The number of amides is 1. The highest BCUT2D eigenvalue weighted by molar-refractivity contribution is 5.94. The van der Waals surface area contributed by atoms with Crippen LogP contribution in [0.4, 0.5) is 0 Å². The van der Waals surface area contributed by atoms with Crippen molar-refractivity contribution in [2.24, 2.45) is 5.41 Å². The normalized spacial score (nSPS) is 26.2. The summed E-state index contributed by atoms with van der Waals surface area (Å²) in [5.74, 6) is 0.358. The first-order valence-corrected chi connectivity index (χ1v) is 10.5. The molecule has 2 aliphatic heterocycles. The summed E-state index contributed by atoms with van der Waals surface area (Å²) < 4.78 is 5.09. The van der Waals surface area contributed by atoms with Gasteiger partial charge in [-0.25, -0.2) is 4.79 Å². The van der Waals surface area contributed by atoms with Gasteiger partial charge in [-0.3, -0.25) is 4.79 Å². The van der Waals surface area contributed by atoms with E-state index in [1.54, 1.807) is 11.8 Å². The van der Waals surface area contributed by atoms with Gasteiger partial charge in [0, 0.05) is 19.1 Å². The zero-order valence-corrected chi connectivity index (χ0v) is 17.3. The van der Waals surface area contributed by atoms with Crippen molar-refractivity contribution in [1.29, 1.82) is 0 Å². The molecule has 0 bridgehead atoms. The van der Waals surface area contributed by atoms with Crippen LogP contribution in [0.5, 0.6) is 0 Å². The monoisotopic (exact) mass is 424 g/mol. The van der Waals surface area contributed by atoms with Gasteiger partial charge in [0.15, 0.2) is 12.1 Å². The molecule has 2 aromatic heterocycles. The molecule has 5 rings (SSSR count). The molecule has 2 aromatic rings. The second kappa shape index (κ2) is 7.80. The first kappa shape index (κ1) is 19.7. The molecule has 0 unspecified atom stereocenters. The maximum Gasteiger partial charge on any atom is 0.336 e. The Morgan fingerprint density at radius 3 is 2.68 bits per heavy atom. The van der Waals surface area contributed by atoms with Crippen molar-refractivity contribution in [3.63, 3.8) is 0 Å². The lowest BCUT2D eigenvalue weighted by Gasteiger charge is -2.36. The van der Waals surface area contributed by atoms with Gasteiger partial charge in [0.25, 0.3) is 0 Å². The minimum atomic E-state index is -0.314. The van der Waals surface area contributed by atoms with Gasteiger partial charge in [0.2, 0.25) is 5.91 Å². The van der Waals surface area contributed by atoms with Gasteiger partial charge in [-0.2, -0.15) is 5.10 Å². The highest BCUT2D eigenvalue weighted by Gasteiger charge is 2.50. The lowest BCUT2D eigenvalue weighted by atomic mass is 9.71. The highest BCUT2D eigenvalue weighted by Crippen LogP contribution is 2.46. The highest BCUT2D eigenvalue weighted by atomic mass is 16.5. The molecule has 1 aliphatic carbocycles. The van der Waals surface area contributed by atoms with E-state index in [1.807, 2.05) is 12.1 Å². The number of esters is 1. The van der Waals surface area contributed by atoms with Crippen molar-refractivity contribution in [3.05, 3.63) is 35.4 Å². The molecule has 31 heavy (non-hydrogen) atoms. The third-order valence-electron chi connectivity index (χ3n) is 6.69. The van der Waals surface area contributed by atoms with Crippen LogP contribution >= 0.6 is 0 Å². The van der Waals surface area contributed by atoms with E-state index in [-0.39, 0.29) is 23.9 Å². The number of tetrazole rings is 1. The van der Waals surface area contributed by atoms with Gasteiger partial charge in [-0.15, -0.1) is 20.1 Å². The molecule has 1 saturated heterocycles. The molecule has 11 heteroatoms. The van der Waals surface area contributed by atoms with E-state index in [0.717, 1.165) is 43.5 Å². The Morgan fingerprint density at radius 1 is 1.19 bits per heavy atom. The fourth-order valence-electron chi connectivity index (χ4n) is 4.74. The molecule has 1 N–H and O–H groups in total. The summed E-state index contributed by atoms with van der Waals surface area (Å²) in [7, 11) is 0. The Kier molecular flexibility index (Phi) is 4.97. The maximum atomic E-state index is 13.2. The molecule has 3 aliphatic rings. The zero-order chi connectivity index (χ0) is 21.4. The smallest absolute Gasteiger partial charge is 0.336 e. The number of cyclic esters (lactones) is 1. The average molecular weight is 424 g/mol. The molecular weight excluding hydrogens is 400 g/mol. The van der Waals surface area contributed by atoms with Gasteiger partial charge < -0.3 is 15.0 Å². The predicted octanol–water partition coefficient (Wildman–Crippen LogP) is 0.534. The molecular formula is C20H24N8O3. The number of hydrogen-bond donors (Lipinski definition) is 1. The van der Waals surface area contributed by atoms with Crippen molar-refractivity contribution in [1.82, 2.24) is 40.6 Å². The number of nitrogens with one attached hydrogen (secondary N) is 1. The molecule has 1 saturated carbocycles. The molecule has 1 spiro atoms. The van der Waals surface area contributed by atoms with Crippen LogP contribution in [0.2, 0.25) is 0 Å². The van der Waals surface area contributed by atoms with Crippen LogP contribution in [0.25, 0.3) is 5.82 Å². The lowest BCUT2D eigenvalue weighted by molar-refractivity contribution is -0.138. The number of aromatic nitrogens is 6. The number of likely N-dealkylation sites (tertiary alicyclic amines) is 1. The molecule has 1 amide bonds. The van der Waals surface area contributed by atoms with Crippen LogP contribution in [0, 0.1) is 5.41 Å². The van der Waals surface area contributed by atoms with Crippen molar-refractivity contribution < 1.29 is 14.3 Å². The van der Waals surface area contributed by atoms with Crippen molar-refractivity contribution in [3.8, 4) is 5.82 Å². The third-order valence-corrected chi connectivity index (χ3v) is 6.69. The summed E-state index contributed by atoms with van der Waals surface area (Å²) in [6.45, 7) is 3.23. The fraction of sp³-hybridized carbons (Fsp3) is 0.550. The summed E-state index contributed by atoms with van der Waals surface area (Å²) in [6.07, 6.45) is 5.75. The summed E-state index contributed by atoms with van der Waals surface area (Å²) in [5, 5.41) is 23.3. The molecule has 2 fully saturated rings. The fourth-order valence-corrected chi connectivity index (χ4v) is 4.74. The predicted molar refractivity (Wildman–Crippen MR) is 106 cm³/mol. The standard InChI is InChI=1S/C20H24N8O3/c1-13-16(11-31-18(13)29)27-9-8-20(19(27)30)6-4-14(5-7-20)21-10-15-2-3-17(25-24-15)28-23-12-22-26-28/h2-3,12,14,21H,4-11H2,1H3/t14-,20-. The molecule has 0 radical (unpaired) electrons. The largest absolute Gasteiger partial charge is 0.456 e. The van der Waals surface area contributed by atoms with Crippen molar-refractivity contribution >= 4 is 11.9 Å². The minimum absolute atomic E-state index is 0.154. The van der Waals surface area contributed by atoms with Gasteiger partial charge in [-0.05, 0) is 56.4 Å². The number of nitrogens with zero attached hydrogens (tertiary/aromatic N) is 7. The van der Waals surface area contributed by atoms with E-state index >= 15 is 0 Å². The minimum Gasteiger partial charge on any atom is -0.456 e. The van der Waals surface area contributed by atoms with Gasteiger partial charge >= 0.3 is 5.97 Å². The first-order valence-electron chi connectivity index (χ1n) is 10.5. The van der Waals surface area contributed by atoms with Crippen LogP contribution in [0.15, 0.2) is 29.7 Å². The quantitative estimate of drug-likeness (QED) is 0.684. The topological polar surface area (TPSA) is 128 Å². The maximum absolute atomic E-state index is 13.2. The summed E-state index contributed by atoms with van der Waals surface area (Å²) >= 11 is 0. The zero-order valence-electron chi connectivity index (χ0n) is 17.3. The SMILES string of the molecule is CC1=C(N2CC[C@]3(CC[C@@H](NCc4ccc(-n5ncnn5)nn4)CC3)C2=O)COC1=O. The summed E-state index contributed by atoms with van der Waals surface area (Å²) in [6, 6.07) is 4.03. The van der Waals surface area contributed by atoms with Crippen LogP contribution in [-0.2, 0) is 20.9 Å². The molecule has 162 valence electrons. The first-order chi connectivity index (χ1) is 15.1. The van der Waals surface area contributed by atoms with Crippen LogP contribution < -0.4 is 5.32 Å². The Morgan fingerprint density at radius 2 is 2.03 bits per heavy atom. The lowest BCUT2D eigenvalue weighted by Crippen LogP contribution is -2.42. The van der Waals surface area contributed by atoms with E-state index < -0.39 is 0 Å². The van der Waals surface area contributed by atoms with Crippen LogP contribution in [0.3, 0.4) is 0 Å². The number of carbonyl (C=O) groups excluding carboxylic acids is 2. The number of hydrogen-bond acceptors (Lipinski definition) is 9. The third kappa shape index (κ3) is 3.58. The van der Waals surface area contributed by atoms with Crippen LogP contribution in [0.1, 0.15) is 44.7 Å². The Bertz CT molecular complexity index is 1010. The van der Waals surface area contributed by atoms with Crippen LogP contribution in [-0.4, -0.2) is 66.4 Å². The molecule has 0 aromatic carbocycles. The summed E-state index contributed by atoms with van der Waals surface area (Å²) in [5.41, 5.74) is 1.84. The van der Waals surface area contributed by atoms with Gasteiger partial charge in [0.1, 0.15) is 6.61 Å². The van der Waals surface area contributed by atoms with E-state index in [2.05, 4.69) is 30.9 Å². The van der Waals surface area contributed by atoms with Crippen molar-refractivity contribution in [2.45, 2.75) is 51.6 Å². The second-order valence-electron chi connectivity index (χ2n) is 8.40. The Balaban J connectivity index is 1.15. The van der Waals surface area contributed by atoms with E-state index in [9.17, 15) is 9.59 Å². The van der Waals surface area contributed by atoms with E-state index in [4.69, 9.17) is 4.74 Å². The number of carbonyl (C=O) groups is 2.